The molecular formula is C22H28FN3O3S2. The molecule has 0 spiro atoms. The van der Waals surface area contributed by atoms with Crippen LogP contribution >= 0.6 is 11.8 Å². The van der Waals surface area contributed by atoms with Crippen LogP contribution in [-0.2, 0) is 14.8 Å². The Kier molecular flexibility index (Phi) is 8.34. The number of halogens is 1. The average molecular weight is 466 g/mol. The first-order valence-electron chi connectivity index (χ1n) is 10.3. The van der Waals surface area contributed by atoms with Crippen LogP contribution in [0.15, 0.2) is 53.4 Å². The fourth-order valence-electron chi connectivity index (χ4n) is 3.38. The van der Waals surface area contributed by atoms with E-state index < -0.39 is 21.7 Å². The summed E-state index contributed by atoms with van der Waals surface area (Å²) in [7, 11) is -3.63. The molecule has 2 aromatic carbocycles. The van der Waals surface area contributed by atoms with Gasteiger partial charge in [0.1, 0.15) is 11.6 Å². The van der Waals surface area contributed by atoms with E-state index in [2.05, 4.69) is 16.3 Å². The smallest absolute Gasteiger partial charge is 0.236 e. The van der Waals surface area contributed by atoms with Crippen molar-refractivity contribution >= 4 is 33.4 Å². The largest absolute Gasteiger partial charge is 0.369 e. The standard InChI is InChI=1S/C22H28FN3O3S2/c1-18-4-2-5-20(16-18)25-11-13-26(14-12-25)31(28,29)17-22(27)24-10-3-15-30-21-8-6-19(23)7-9-21/h2,4-9,16H,3,10-15,17H2,1H3,(H,24,27). The van der Waals surface area contributed by atoms with E-state index in [-0.39, 0.29) is 5.82 Å². The SMILES string of the molecule is Cc1cccc(N2CCN(S(=O)(=O)CC(=O)NCCCSc3ccc(F)cc3)CC2)c1. The Bertz CT molecular complexity index is 976. The third-order valence-electron chi connectivity index (χ3n) is 5.04. The fourth-order valence-corrected chi connectivity index (χ4v) is 5.57. The monoisotopic (exact) mass is 465 g/mol. The highest BCUT2D eigenvalue weighted by molar-refractivity contribution is 7.99. The Hall–Kier alpha value is -2.10. The number of aryl methyl sites for hydroxylation is 1. The number of carbonyl (C=O) groups excluding carboxylic acids is 1. The lowest BCUT2D eigenvalue weighted by molar-refractivity contribution is -0.118. The lowest BCUT2D eigenvalue weighted by atomic mass is 10.2. The maximum atomic E-state index is 12.9. The highest BCUT2D eigenvalue weighted by atomic mass is 32.2. The summed E-state index contributed by atoms with van der Waals surface area (Å²) >= 11 is 1.57. The van der Waals surface area contributed by atoms with Crippen LogP contribution in [0.25, 0.3) is 0 Å². The predicted molar refractivity (Wildman–Crippen MR) is 124 cm³/mol. The van der Waals surface area contributed by atoms with Crippen molar-refractivity contribution in [1.82, 2.24) is 9.62 Å². The molecule has 1 fully saturated rings. The third kappa shape index (κ3) is 7.22. The van der Waals surface area contributed by atoms with E-state index in [1.54, 1.807) is 23.9 Å². The van der Waals surface area contributed by atoms with Crippen LogP contribution in [0, 0.1) is 12.7 Å². The Morgan fingerprint density at radius 3 is 2.48 bits per heavy atom. The molecule has 168 valence electrons. The Morgan fingerprint density at radius 2 is 1.81 bits per heavy atom. The number of thioether (sulfide) groups is 1. The minimum Gasteiger partial charge on any atom is -0.369 e. The Balaban J connectivity index is 1.37. The van der Waals surface area contributed by atoms with Crippen LogP contribution in [0.3, 0.4) is 0 Å². The molecule has 0 unspecified atom stereocenters. The van der Waals surface area contributed by atoms with Gasteiger partial charge in [-0.15, -0.1) is 11.8 Å². The fraction of sp³-hybridized carbons (Fsp3) is 0.409. The van der Waals surface area contributed by atoms with Crippen molar-refractivity contribution in [3.63, 3.8) is 0 Å². The van der Waals surface area contributed by atoms with Gasteiger partial charge in [-0.1, -0.05) is 12.1 Å². The van der Waals surface area contributed by atoms with Gasteiger partial charge in [0.2, 0.25) is 15.9 Å². The van der Waals surface area contributed by atoms with E-state index in [1.807, 2.05) is 25.1 Å². The molecular weight excluding hydrogens is 437 g/mol. The second-order valence-electron chi connectivity index (χ2n) is 7.49. The minimum absolute atomic E-state index is 0.269. The van der Waals surface area contributed by atoms with Crippen molar-refractivity contribution in [3.05, 3.63) is 59.9 Å². The summed E-state index contributed by atoms with van der Waals surface area (Å²) in [5, 5.41) is 2.69. The zero-order valence-electron chi connectivity index (χ0n) is 17.6. The Labute approximate surface area is 187 Å². The molecule has 0 saturated carbocycles. The number of piperazine rings is 1. The molecule has 3 rings (SSSR count). The summed E-state index contributed by atoms with van der Waals surface area (Å²) in [6.45, 7) is 4.39. The number of carbonyl (C=O) groups is 1. The highest BCUT2D eigenvalue weighted by Crippen LogP contribution is 2.20. The predicted octanol–water partition coefficient (Wildman–Crippen LogP) is 2.88. The number of rotatable bonds is 9. The molecule has 9 heteroatoms. The van der Waals surface area contributed by atoms with Gasteiger partial charge in [0, 0.05) is 43.3 Å². The van der Waals surface area contributed by atoms with E-state index in [4.69, 9.17) is 0 Å². The van der Waals surface area contributed by atoms with Crippen molar-refractivity contribution in [1.29, 1.82) is 0 Å². The van der Waals surface area contributed by atoms with Crippen molar-refractivity contribution in [2.75, 3.05) is 49.1 Å². The summed E-state index contributed by atoms with van der Waals surface area (Å²) in [6, 6.07) is 14.4. The number of sulfonamides is 1. The first kappa shape index (κ1) is 23.6. The lowest BCUT2D eigenvalue weighted by Crippen LogP contribution is -2.50. The van der Waals surface area contributed by atoms with Crippen LogP contribution in [0.5, 0.6) is 0 Å². The molecule has 0 aromatic heterocycles. The number of benzene rings is 2. The van der Waals surface area contributed by atoms with E-state index in [0.29, 0.717) is 39.1 Å². The normalized spacial score (nSPS) is 15.1. The van der Waals surface area contributed by atoms with Crippen molar-refractivity contribution in [2.45, 2.75) is 18.2 Å². The van der Waals surface area contributed by atoms with Gasteiger partial charge in [0.05, 0.1) is 0 Å². The second kappa shape index (κ2) is 11.0. The zero-order chi connectivity index (χ0) is 22.3. The van der Waals surface area contributed by atoms with Crippen LogP contribution < -0.4 is 10.2 Å². The molecule has 1 N–H and O–H groups in total. The molecule has 0 aliphatic carbocycles. The van der Waals surface area contributed by atoms with Gasteiger partial charge in [0.25, 0.3) is 0 Å². The van der Waals surface area contributed by atoms with Crippen molar-refractivity contribution in [2.24, 2.45) is 0 Å². The minimum atomic E-state index is -3.63. The molecule has 0 radical (unpaired) electrons. The van der Waals surface area contributed by atoms with E-state index >= 15 is 0 Å². The van der Waals surface area contributed by atoms with Crippen LogP contribution in [-0.4, -0.2) is 62.9 Å². The number of hydrogen-bond donors (Lipinski definition) is 1. The molecule has 1 saturated heterocycles. The van der Waals surface area contributed by atoms with Crippen molar-refractivity contribution in [3.8, 4) is 0 Å². The van der Waals surface area contributed by atoms with E-state index in [9.17, 15) is 17.6 Å². The van der Waals surface area contributed by atoms with Crippen LogP contribution in [0.2, 0.25) is 0 Å². The van der Waals surface area contributed by atoms with Gasteiger partial charge in [0.15, 0.2) is 0 Å². The van der Waals surface area contributed by atoms with Gasteiger partial charge in [-0.25, -0.2) is 12.8 Å². The van der Waals surface area contributed by atoms with E-state index in [1.165, 1.54) is 22.0 Å². The van der Waals surface area contributed by atoms with Gasteiger partial charge in [-0.05, 0) is 61.1 Å². The lowest BCUT2D eigenvalue weighted by Gasteiger charge is -2.35. The molecule has 1 heterocycles. The van der Waals surface area contributed by atoms with E-state index in [0.717, 1.165) is 16.3 Å². The second-order valence-corrected chi connectivity index (χ2v) is 10.6. The third-order valence-corrected chi connectivity index (χ3v) is 7.92. The number of amides is 1. The first-order valence-corrected chi connectivity index (χ1v) is 12.9. The number of anilines is 1. The quantitative estimate of drug-likeness (QED) is 0.456. The maximum absolute atomic E-state index is 12.9. The molecule has 1 aliphatic heterocycles. The summed E-state index contributed by atoms with van der Waals surface area (Å²) < 4.78 is 39.5. The van der Waals surface area contributed by atoms with Gasteiger partial charge in [-0.3, -0.25) is 4.79 Å². The number of nitrogens with zero attached hydrogens (tertiary/aromatic N) is 2. The first-order chi connectivity index (χ1) is 14.8. The molecule has 2 aromatic rings. The molecule has 0 bridgehead atoms. The maximum Gasteiger partial charge on any atom is 0.236 e. The average Bonchev–Trinajstić information content (AvgIpc) is 2.74. The highest BCUT2D eigenvalue weighted by Gasteiger charge is 2.29. The number of hydrogen-bond acceptors (Lipinski definition) is 5. The zero-order valence-corrected chi connectivity index (χ0v) is 19.2. The summed E-state index contributed by atoms with van der Waals surface area (Å²) in [5.41, 5.74) is 2.26. The van der Waals surface area contributed by atoms with Gasteiger partial charge < -0.3 is 10.2 Å². The molecule has 1 amide bonds. The van der Waals surface area contributed by atoms with Gasteiger partial charge >= 0.3 is 0 Å². The molecule has 1 aliphatic rings. The topological polar surface area (TPSA) is 69.7 Å². The summed E-state index contributed by atoms with van der Waals surface area (Å²) in [4.78, 5) is 15.2. The molecule has 0 atom stereocenters. The van der Waals surface area contributed by atoms with Gasteiger partial charge in [-0.2, -0.15) is 4.31 Å². The molecule has 31 heavy (non-hydrogen) atoms. The van der Waals surface area contributed by atoms with Crippen LogP contribution in [0.1, 0.15) is 12.0 Å². The number of nitrogens with one attached hydrogen (secondary N) is 1. The Morgan fingerprint density at radius 1 is 1.10 bits per heavy atom. The van der Waals surface area contributed by atoms with Crippen molar-refractivity contribution < 1.29 is 17.6 Å². The summed E-state index contributed by atoms with van der Waals surface area (Å²) in [5.74, 6) is -0.524. The van der Waals surface area contributed by atoms with Crippen LogP contribution in [0.4, 0.5) is 10.1 Å². The molecule has 6 nitrogen and oxygen atoms in total. The summed E-state index contributed by atoms with van der Waals surface area (Å²) in [6.07, 6.45) is 0.697.